The smallest absolute Gasteiger partial charge is 0.407 e. The summed E-state index contributed by atoms with van der Waals surface area (Å²) in [5.41, 5.74) is -1.10. The third-order valence-electron chi connectivity index (χ3n) is 10.4. The van der Waals surface area contributed by atoms with E-state index in [1.165, 1.54) is 77.0 Å². The molecular weight excluding hydrogens is 865 g/mol. The maximum atomic E-state index is 14.0. The van der Waals surface area contributed by atoms with Gasteiger partial charge in [-0.1, -0.05) is 6.07 Å². The minimum absolute atomic E-state index is 0.0646. The Kier molecular flexibility index (Phi) is 12.8. The van der Waals surface area contributed by atoms with Gasteiger partial charge in [0.2, 0.25) is 0 Å². The number of esters is 1. The lowest BCUT2D eigenvalue weighted by Gasteiger charge is -2.36. The Hall–Kier alpha value is -8.29. The fraction of sp³-hybridized carbons (Fsp3) is 0.283. The van der Waals surface area contributed by atoms with E-state index < -0.39 is 39.0 Å². The predicted octanol–water partition coefficient (Wildman–Crippen LogP) is 7.52. The number of ether oxygens (including phenoxy) is 9. The Morgan fingerprint density at radius 2 is 1.12 bits per heavy atom. The summed E-state index contributed by atoms with van der Waals surface area (Å²) in [6.45, 7) is 4.80. The molecule has 66 heavy (non-hydrogen) atoms. The molecule has 0 saturated heterocycles. The molecule has 0 radical (unpaired) electrons. The zero-order chi connectivity index (χ0) is 47.5. The lowest BCUT2D eigenvalue weighted by atomic mass is 9.77. The van der Waals surface area contributed by atoms with Gasteiger partial charge in [0.05, 0.1) is 67.1 Å². The van der Waals surface area contributed by atoms with Crippen LogP contribution in [0.2, 0.25) is 0 Å². The van der Waals surface area contributed by atoms with Gasteiger partial charge in [0.1, 0.15) is 41.8 Å². The minimum atomic E-state index is -1.64. The molecule has 1 spiro atoms. The van der Waals surface area contributed by atoms with Crippen molar-refractivity contribution in [2.24, 2.45) is 0 Å². The van der Waals surface area contributed by atoms with Crippen LogP contribution in [0.3, 0.4) is 0 Å². The van der Waals surface area contributed by atoms with E-state index in [4.69, 9.17) is 42.6 Å². The van der Waals surface area contributed by atoms with E-state index in [0.717, 1.165) is 0 Å². The van der Waals surface area contributed by atoms with Crippen molar-refractivity contribution >= 4 is 29.3 Å². The molecular formula is C46H44N4O16. The Balaban J connectivity index is 1.23. The van der Waals surface area contributed by atoms with Crippen molar-refractivity contribution in [2.45, 2.75) is 45.2 Å². The number of nitrogens with zero attached hydrogens (tertiary/aromatic N) is 2. The quantitative estimate of drug-likeness (QED) is 0.0421. The third kappa shape index (κ3) is 9.05. The predicted molar refractivity (Wildman–Crippen MR) is 232 cm³/mol. The summed E-state index contributed by atoms with van der Waals surface area (Å²) in [6.07, 6.45) is -0.638. The summed E-state index contributed by atoms with van der Waals surface area (Å²) in [5.74, 6) is 0.377. The number of methoxy groups -OCH3 is 4. The number of benzene rings is 5. The van der Waals surface area contributed by atoms with Gasteiger partial charge >= 0.3 is 12.1 Å². The Morgan fingerprint density at radius 1 is 0.652 bits per heavy atom. The highest BCUT2D eigenvalue weighted by atomic mass is 16.6. The van der Waals surface area contributed by atoms with E-state index in [-0.39, 0.29) is 106 Å². The van der Waals surface area contributed by atoms with Crippen LogP contribution in [0.4, 0.5) is 16.2 Å². The molecule has 2 aliphatic rings. The molecule has 7 rings (SSSR count). The van der Waals surface area contributed by atoms with Gasteiger partial charge in [-0.05, 0) is 69.3 Å². The second-order valence-corrected chi connectivity index (χ2v) is 15.7. The molecule has 20 heteroatoms. The van der Waals surface area contributed by atoms with Gasteiger partial charge in [-0.25, -0.2) is 9.59 Å². The third-order valence-corrected chi connectivity index (χ3v) is 10.4. The first kappa shape index (κ1) is 45.7. The van der Waals surface area contributed by atoms with Crippen molar-refractivity contribution in [3.63, 3.8) is 0 Å². The maximum absolute atomic E-state index is 14.0. The van der Waals surface area contributed by atoms with Crippen LogP contribution < -0.4 is 43.8 Å². The number of nitrogens with one attached hydrogen (secondary N) is 2. The zero-order valence-electron chi connectivity index (χ0n) is 36.8. The van der Waals surface area contributed by atoms with Crippen molar-refractivity contribution in [3.05, 3.63) is 138 Å². The summed E-state index contributed by atoms with van der Waals surface area (Å²) in [6, 6.07) is 19.4. The van der Waals surface area contributed by atoms with Crippen LogP contribution in [0.15, 0.2) is 78.9 Å². The number of carbonyl (C=O) groups excluding carboxylic acids is 3. The van der Waals surface area contributed by atoms with Gasteiger partial charge in [0, 0.05) is 47.5 Å². The van der Waals surface area contributed by atoms with E-state index in [9.17, 15) is 34.6 Å². The monoisotopic (exact) mass is 908 g/mol. The molecule has 0 fully saturated rings. The molecule has 2 N–H and O–H groups in total. The highest BCUT2D eigenvalue weighted by Gasteiger charge is 2.54. The van der Waals surface area contributed by atoms with Crippen LogP contribution in [0.5, 0.6) is 46.0 Å². The molecule has 0 bridgehead atoms. The summed E-state index contributed by atoms with van der Waals surface area (Å²) < 4.78 is 51.4. The van der Waals surface area contributed by atoms with Crippen molar-refractivity contribution in [1.82, 2.24) is 10.6 Å². The van der Waals surface area contributed by atoms with Gasteiger partial charge in [-0.2, -0.15) is 0 Å². The van der Waals surface area contributed by atoms with Gasteiger partial charge in [-0.3, -0.25) is 25.0 Å². The molecule has 2 heterocycles. The highest BCUT2D eigenvalue weighted by molar-refractivity contribution is 6.01. The summed E-state index contributed by atoms with van der Waals surface area (Å²) in [4.78, 5) is 62.2. The number of nitro groups is 2. The Labute approximate surface area is 376 Å². The van der Waals surface area contributed by atoms with Crippen LogP contribution in [-0.2, 0) is 28.3 Å². The highest BCUT2D eigenvalue weighted by Crippen LogP contribution is 2.57. The topological polar surface area (TPSA) is 245 Å². The molecule has 344 valence electrons. The molecule has 0 saturated carbocycles. The second-order valence-electron chi connectivity index (χ2n) is 15.7. The standard InChI is InChI=1S/C46H44N4O16/c1-45(2,3)66-44(53)48-15-14-47-42(51)25-8-11-31-30(16-25)43(52)65-46(31)32-12-9-28(62-23-26-17-38(58-4)40(60-6)21-34(26)49(54)55)19-36(32)64-37-20-29(10-13-33(37)46)63-24-27-18-39(59-5)41(61-7)22-35(27)50(56)57/h8-13,16-22H,14-15,23-24H2,1-7H3,(H,47,51)(H,48,53). The van der Waals surface area contributed by atoms with Crippen molar-refractivity contribution < 1.29 is 66.9 Å². The van der Waals surface area contributed by atoms with Crippen molar-refractivity contribution in [3.8, 4) is 46.0 Å². The molecule has 0 unspecified atom stereocenters. The first-order valence-electron chi connectivity index (χ1n) is 20.1. The average Bonchev–Trinajstić information content (AvgIpc) is 3.58. The van der Waals surface area contributed by atoms with Crippen LogP contribution >= 0.6 is 0 Å². The number of amides is 2. The molecule has 0 atom stereocenters. The summed E-state index contributed by atoms with van der Waals surface area (Å²) in [5, 5.41) is 29.3. The van der Waals surface area contributed by atoms with Crippen LogP contribution in [0, 0.1) is 20.2 Å². The van der Waals surface area contributed by atoms with Crippen LogP contribution in [0.25, 0.3) is 0 Å². The molecule has 0 aliphatic carbocycles. The molecule has 2 amide bonds. The van der Waals surface area contributed by atoms with Crippen LogP contribution in [-0.4, -0.2) is 74.9 Å². The second kappa shape index (κ2) is 18.4. The van der Waals surface area contributed by atoms with Gasteiger partial charge < -0.3 is 53.3 Å². The lowest BCUT2D eigenvalue weighted by Crippen LogP contribution is -2.37. The molecule has 2 aliphatic heterocycles. The van der Waals surface area contributed by atoms with Gasteiger partial charge in [0.25, 0.3) is 17.3 Å². The fourth-order valence-electron chi connectivity index (χ4n) is 7.48. The Bertz CT molecular complexity index is 2640. The van der Waals surface area contributed by atoms with Crippen molar-refractivity contribution in [2.75, 3.05) is 41.5 Å². The number of hydrogen-bond acceptors (Lipinski definition) is 16. The van der Waals surface area contributed by atoms with Crippen molar-refractivity contribution in [1.29, 1.82) is 0 Å². The number of fused-ring (bicyclic) bond motifs is 6. The fourth-order valence-corrected chi connectivity index (χ4v) is 7.48. The number of hydrogen-bond donors (Lipinski definition) is 2. The number of carbonyl (C=O) groups is 3. The largest absolute Gasteiger partial charge is 0.493 e. The Morgan fingerprint density at radius 3 is 1.59 bits per heavy atom. The zero-order valence-corrected chi connectivity index (χ0v) is 36.8. The molecule has 0 aromatic heterocycles. The van der Waals surface area contributed by atoms with E-state index in [2.05, 4.69) is 10.6 Å². The number of rotatable bonds is 16. The average molecular weight is 909 g/mol. The SMILES string of the molecule is COc1cc(COc2ccc3c(c2)Oc2cc(OCc4cc(OC)c(OC)cc4[N+](=O)[O-])ccc2C32OC(=O)c3cc(C(=O)NCCNC(=O)OC(C)(C)C)ccc32)c([N+](=O)[O-])cc1OC. The van der Waals surface area contributed by atoms with Gasteiger partial charge in [-0.15, -0.1) is 0 Å². The van der Waals surface area contributed by atoms with E-state index in [1.54, 1.807) is 51.1 Å². The molecule has 5 aromatic rings. The maximum Gasteiger partial charge on any atom is 0.407 e. The lowest BCUT2D eigenvalue weighted by molar-refractivity contribution is -0.386. The van der Waals surface area contributed by atoms with E-state index in [0.29, 0.717) is 16.7 Å². The molecule has 5 aromatic carbocycles. The summed E-state index contributed by atoms with van der Waals surface area (Å²) >= 11 is 0. The normalized spacial score (nSPS) is 12.9. The number of nitro benzene ring substituents is 2. The molecule has 20 nitrogen and oxygen atoms in total. The summed E-state index contributed by atoms with van der Waals surface area (Å²) in [7, 11) is 5.53. The number of alkyl carbamates (subject to hydrolysis) is 1. The minimum Gasteiger partial charge on any atom is -0.493 e. The van der Waals surface area contributed by atoms with Crippen LogP contribution in [0.1, 0.15) is 69.3 Å². The van der Waals surface area contributed by atoms with E-state index >= 15 is 0 Å². The first-order chi connectivity index (χ1) is 31.5. The first-order valence-corrected chi connectivity index (χ1v) is 20.1. The van der Waals surface area contributed by atoms with Gasteiger partial charge in [0.15, 0.2) is 28.6 Å². The van der Waals surface area contributed by atoms with E-state index in [1.807, 2.05) is 0 Å².